The minimum absolute atomic E-state index is 0.105. The molecule has 2 aromatic carbocycles. The SMILES string of the molecule is COc1ccc(C(NC(=O)c2ccc(OC)c(OC)c2)C(C)C)cc1. The molecule has 134 valence electrons. The number of nitrogens with one attached hydrogen (secondary N) is 1. The Morgan fingerprint density at radius 2 is 1.52 bits per heavy atom. The first-order chi connectivity index (χ1) is 12.0. The molecule has 1 atom stereocenters. The molecule has 0 fully saturated rings. The van der Waals surface area contributed by atoms with Crippen LogP contribution < -0.4 is 19.5 Å². The maximum atomic E-state index is 12.7. The first-order valence-corrected chi connectivity index (χ1v) is 8.17. The van der Waals surface area contributed by atoms with E-state index >= 15 is 0 Å². The van der Waals surface area contributed by atoms with Crippen molar-refractivity contribution in [2.45, 2.75) is 19.9 Å². The van der Waals surface area contributed by atoms with Gasteiger partial charge in [0.25, 0.3) is 5.91 Å². The Labute approximate surface area is 148 Å². The molecule has 0 aliphatic carbocycles. The second-order valence-electron chi connectivity index (χ2n) is 6.04. The topological polar surface area (TPSA) is 56.8 Å². The van der Waals surface area contributed by atoms with Crippen molar-refractivity contribution in [2.75, 3.05) is 21.3 Å². The van der Waals surface area contributed by atoms with E-state index in [2.05, 4.69) is 19.2 Å². The summed E-state index contributed by atoms with van der Waals surface area (Å²) in [4.78, 5) is 12.7. The summed E-state index contributed by atoms with van der Waals surface area (Å²) in [7, 11) is 4.75. The van der Waals surface area contributed by atoms with Crippen LogP contribution in [0.1, 0.15) is 35.8 Å². The predicted octanol–water partition coefficient (Wildman–Crippen LogP) is 3.84. The molecular formula is C20H25NO4. The molecule has 0 saturated carbocycles. The summed E-state index contributed by atoms with van der Waals surface area (Å²) >= 11 is 0. The highest BCUT2D eigenvalue weighted by atomic mass is 16.5. The Kier molecular flexibility index (Phi) is 6.28. The maximum absolute atomic E-state index is 12.7. The molecule has 2 rings (SSSR count). The van der Waals surface area contributed by atoms with E-state index in [1.165, 1.54) is 0 Å². The van der Waals surface area contributed by atoms with E-state index in [1.807, 2.05) is 24.3 Å². The highest BCUT2D eigenvalue weighted by Crippen LogP contribution is 2.29. The third-order valence-electron chi connectivity index (χ3n) is 4.07. The molecule has 0 spiro atoms. The number of carbonyl (C=O) groups excluding carboxylic acids is 1. The number of amides is 1. The smallest absolute Gasteiger partial charge is 0.251 e. The maximum Gasteiger partial charge on any atom is 0.251 e. The normalized spacial score (nSPS) is 11.8. The van der Waals surface area contributed by atoms with Crippen molar-refractivity contribution in [3.8, 4) is 17.2 Å². The zero-order chi connectivity index (χ0) is 18.4. The number of carbonyl (C=O) groups is 1. The van der Waals surface area contributed by atoms with Gasteiger partial charge in [0, 0.05) is 5.56 Å². The molecule has 0 aromatic heterocycles. The van der Waals surface area contributed by atoms with Crippen LogP contribution in [0.2, 0.25) is 0 Å². The third kappa shape index (κ3) is 4.44. The van der Waals surface area contributed by atoms with Crippen LogP contribution in [0.25, 0.3) is 0 Å². The molecule has 0 aliphatic heterocycles. The van der Waals surface area contributed by atoms with Crippen LogP contribution in [-0.4, -0.2) is 27.2 Å². The molecule has 1 unspecified atom stereocenters. The quantitative estimate of drug-likeness (QED) is 0.830. The molecule has 0 heterocycles. The minimum atomic E-state index is -0.157. The highest BCUT2D eigenvalue weighted by Gasteiger charge is 2.20. The van der Waals surface area contributed by atoms with Gasteiger partial charge in [-0.1, -0.05) is 26.0 Å². The van der Waals surface area contributed by atoms with E-state index in [9.17, 15) is 4.79 Å². The van der Waals surface area contributed by atoms with E-state index in [-0.39, 0.29) is 17.9 Å². The zero-order valence-electron chi connectivity index (χ0n) is 15.3. The van der Waals surface area contributed by atoms with Crippen LogP contribution in [-0.2, 0) is 0 Å². The lowest BCUT2D eigenvalue weighted by atomic mass is 9.95. The summed E-state index contributed by atoms with van der Waals surface area (Å²) in [6.45, 7) is 4.15. The summed E-state index contributed by atoms with van der Waals surface area (Å²) in [5.41, 5.74) is 1.56. The Balaban J connectivity index is 2.22. The highest BCUT2D eigenvalue weighted by molar-refractivity contribution is 5.95. The number of methoxy groups -OCH3 is 3. The lowest BCUT2D eigenvalue weighted by Crippen LogP contribution is -2.31. The lowest BCUT2D eigenvalue weighted by molar-refractivity contribution is 0.0925. The monoisotopic (exact) mass is 343 g/mol. The third-order valence-corrected chi connectivity index (χ3v) is 4.07. The van der Waals surface area contributed by atoms with Crippen LogP contribution in [0.5, 0.6) is 17.2 Å². The fraction of sp³-hybridized carbons (Fsp3) is 0.350. The summed E-state index contributed by atoms with van der Waals surface area (Å²) < 4.78 is 15.7. The van der Waals surface area contributed by atoms with Crippen molar-refractivity contribution in [1.29, 1.82) is 0 Å². The van der Waals surface area contributed by atoms with Crippen molar-refractivity contribution < 1.29 is 19.0 Å². The van der Waals surface area contributed by atoms with E-state index in [1.54, 1.807) is 39.5 Å². The van der Waals surface area contributed by atoms with Gasteiger partial charge in [-0.3, -0.25) is 4.79 Å². The van der Waals surface area contributed by atoms with Gasteiger partial charge < -0.3 is 19.5 Å². The van der Waals surface area contributed by atoms with Gasteiger partial charge in [-0.2, -0.15) is 0 Å². The number of benzene rings is 2. The van der Waals surface area contributed by atoms with E-state index < -0.39 is 0 Å². The molecule has 0 bridgehead atoms. The average molecular weight is 343 g/mol. The van der Waals surface area contributed by atoms with E-state index in [0.29, 0.717) is 17.1 Å². The van der Waals surface area contributed by atoms with Gasteiger partial charge in [0.05, 0.1) is 27.4 Å². The standard InChI is InChI=1S/C20H25NO4/c1-13(2)19(14-6-9-16(23-3)10-7-14)21-20(22)15-8-11-17(24-4)18(12-15)25-5/h6-13,19H,1-5H3,(H,21,22). The van der Waals surface area contributed by atoms with Crippen LogP contribution in [0.4, 0.5) is 0 Å². The van der Waals surface area contributed by atoms with Crippen LogP contribution in [0.3, 0.4) is 0 Å². The number of rotatable bonds is 7. The predicted molar refractivity (Wildman–Crippen MR) is 97.6 cm³/mol. The Morgan fingerprint density at radius 1 is 0.880 bits per heavy atom. The molecule has 1 N–H and O–H groups in total. The number of hydrogen-bond donors (Lipinski definition) is 1. The fourth-order valence-corrected chi connectivity index (χ4v) is 2.65. The molecule has 1 amide bonds. The minimum Gasteiger partial charge on any atom is -0.497 e. The van der Waals surface area contributed by atoms with Crippen molar-refractivity contribution in [1.82, 2.24) is 5.32 Å². The van der Waals surface area contributed by atoms with E-state index in [4.69, 9.17) is 14.2 Å². The summed E-state index contributed by atoms with van der Waals surface area (Å²) in [5, 5.41) is 3.10. The molecule has 5 nitrogen and oxygen atoms in total. The number of hydrogen-bond acceptors (Lipinski definition) is 4. The zero-order valence-corrected chi connectivity index (χ0v) is 15.3. The molecule has 0 radical (unpaired) electrons. The Bertz CT molecular complexity index is 710. The average Bonchev–Trinajstić information content (AvgIpc) is 2.65. The van der Waals surface area contributed by atoms with Crippen LogP contribution in [0, 0.1) is 5.92 Å². The van der Waals surface area contributed by atoms with Crippen molar-refractivity contribution in [3.63, 3.8) is 0 Å². The van der Waals surface area contributed by atoms with Gasteiger partial charge in [-0.05, 0) is 41.8 Å². The largest absolute Gasteiger partial charge is 0.497 e. The molecule has 25 heavy (non-hydrogen) atoms. The molecule has 2 aromatic rings. The molecule has 0 aliphatic rings. The lowest BCUT2D eigenvalue weighted by Gasteiger charge is -2.23. The van der Waals surface area contributed by atoms with Crippen molar-refractivity contribution >= 4 is 5.91 Å². The van der Waals surface area contributed by atoms with Gasteiger partial charge >= 0.3 is 0 Å². The van der Waals surface area contributed by atoms with Gasteiger partial charge in [-0.25, -0.2) is 0 Å². The Morgan fingerprint density at radius 3 is 2.04 bits per heavy atom. The first-order valence-electron chi connectivity index (χ1n) is 8.17. The van der Waals surface area contributed by atoms with Crippen molar-refractivity contribution in [2.24, 2.45) is 5.92 Å². The van der Waals surface area contributed by atoms with E-state index in [0.717, 1.165) is 11.3 Å². The van der Waals surface area contributed by atoms with Gasteiger partial charge in [0.1, 0.15) is 5.75 Å². The first kappa shape index (κ1) is 18.6. The Hall–Kier alpha value is -2.69. The van der Waals surface area contributed by atoms with Crippen molar-refractivity contribution in [3.05, 3.63) is 53.6 Å². The van der Waals surface area contributed by atoms with Gasteiger partial charge in [0.2, 0.25) is 0 Å². The summed E-state index contributed by atoms with van der Waals surface area (Å²) in [6.07, 6.45) is 0. The molecule has 0 saturated heterocycles. The van der Waals surface area contributed by atoms with Crippen LogP contribution in [0.15, 0.2) is 42.5 Å². The van der Waals surface area contributed by atoms with Crippen LogP contribution >= 0.6 is 0 Å². The fourth-order valence-electron chi connectivity index (χ4n) is 2.65. The summed E-state index contributed by atoms with van der Waals surface area (Å²) in [5.74, 6) is 1.99. The van der Waals surface area contributed by atoms with Gasteiger partial charge in [0.15, 0.2) is 11.5 Å². The number of ether oxygens (including phenoxy) is 3. The summed E-state index contributed by atoms with van der Waals surface area (Å²) in [6, 6.07) is 12.8. The second kappa shape index (κ2) is 8.42. The molecular weight excluding hydrogens is 318 g/mol. The van der Waals surface area contributed by atoms with Gasteiger partial charge in [-0.15, -0.1) is 0 Å². The second-order valence-corrected chi connectivity index (χ2v) is 6.04. The molecule has 5 heteroatoms.